The van der Waals surface area contributed by atoms with Gasteiger partial charge >= 0.3 is 0 Å². The van der Waals surface area contributed by atoms with Crippen molar-refractivity contribution in [3.63, 3.8) is 0 Å². The molecule has 1 aliphatic heterocycles. The molecule has 2 aromatic carbocycles. The van der Waals surface area contributed by atoms with E-state index in [4.69, 9.17) is 23.2 Å². The van der Waals surface area contributed by atoms with E-state index in [0.717, 1.165) is 11.6 Å². The summed E-state index contributed by atoms with van der Waals surface area (Å²) < 4.78 is 27.2. The van der Waals surface area contributed by atoms with Crippen molar-refractivity contribution in [2.24, 2.45) is 5.92 Å². The third kappa shape index (κ3) is 5.29. The van der Waals surface area contributed by atoms with Crippen LogP contribution in [0.25, 0.3) is 0 Å². The van der Waals surface area contributed by atoms with Crippen LogP contribution in [0.4, 0.5) is 14.5 Å². The van der Waals surface area contributed by atoms with Crippen LogP contribution in [0.2, 0.25) is 10.0 Å². The second-order valence-corrected chi connectivity index (χ2v) is 8.24. The number of anilines is 1. The number of benzene rings is 2. The monoisotopic (exact) mass is 454 g/mol. The number of nitrogens with zero attached hydrogens (tertiary/aromatic N) is 1. The third-order valence-electron chi connectivity index (χ3n) is 5.30. The van der Waals surface area contributed by atoms with Crippen molar-refractivity contribution in [2.75, 3.05) is 18.5 Å². The second kappa shape index (κ2) is 9.75. The topological polar surface area (TPSA) is 49.4 Å². The van der Waals surface area contributed by atoms with Crippen LogP contribution in [-0.2, 0) is 22.4 Å². The zero-order valence-corrected chi connectivity index (χ0v) is 18.0. The summed E-state index contributed by atoms with van der Waals surface area (Å²) in [6.45, 7) is 0.340. The van der Waals surface area contributed by atoms with Gasteiger partial charge in [0.2, 0.25) is 11.8 Å². The molecular weight excluding hydrogens is 433 g/mol. The SMILES string of the molecule is CNC(=O)CCc1cc(Cl)c(N2CC(Cc3ccc(F)cc3F)CCC2=O)c(Cl)c1. The van der Waals surface area contributed by atoms with Crippen molar-refractivity contribution < 1.29 is 18.4 Å². The van der Waals surface area contributed by atoms with Crippen LogP contribution in [0.15, 0.2) is 30.3 Å². The molecule has 3 rings (SSSR count). The molecule has 1 N–H and O–H groups in total. The maximum Gasteiger partial charge on any atom is 0.227 e. The van der Waals surface area contributed by atoms with E-state index >= 15 is 0 Å². The van der Waals surface area contributed by atoms with Gasteiger partial charge in [-0.05, 0) is 54.5 Å². The maximum atomic E-state index is 14.0. The highest BCUT2D eigenvalue weighted by atomic mass is 35.5. The molecule has 4 nitrogen and oxygen atoms in total. The summed E-state index contributed by atoms with van der Waals surface area (Å²) >= 11 is 12.9. The summed E-state index contributed by atoms with van der Waals surface area (Å²) in [4.78, 5) is 25.6. The highest BCUT2D eigenvalue weighted by Crippen LogP contribution is 2.38. The molecule has 1 unspecified atom stereocenters. The quantitative estimate of drug-likeness (QED) is 0.671. The Labute approximate surface area is 184 Å². The summed E-state index contributed by atoms with van der Waals surface area (Å²) in [6, 6.07) is 6.96. The third-order valence-corrected chi connectivity index (χ3v) is 5.87. The predicted octanol–water partition coefficient (Wildman–Crippen LogP) is 4.94. The summed E-state index contributed by atoms with van der Waals surface area (Å²) in [5.74, 6) is -1.41. The number of carbonyl (C=O) groups is 2. The van der Waals surface area contributed by atoms with E-state index in [0.29, 0.717) is 59.9 Å². The van der Waals surface area contributed by atoms with Crippen LogP contribution < -0.4 is 10.2 Å². The Hall–Kier alpha value is -2.18. The van der Waals surface area contributed by atoms with Crippen molar-refractivity contribution in [1.29, 1.82) is 0 Å². The molecule has 160 valence electrons. The number of piperidine rings is 1. The van der Waals surface area contributed by atoms with Crippen LogP contribution in [0, 0.1) is 17.6 Å². The normalized spacial score (nSPS) is 16.6. The Morgan fingerprint density at radius 1 is 1.20 bits per heavy atom. The van der Waals surface area contributed by atoms with Crippen LogP contribution in [0.3, 0.4) is 0 Å². The van der Waals surface area contributed by atoms with Gasteiger partial charge in [-0.25, -0.2) is 8.78 Å². The van der Waals surface area contributed by atoms with Gasteiger partial charge in [0.05, 0.1) is 15.7 Å². The van der Waals surface area contributed by atoms with Crippen molar-refractivity contribution in [2.45, 2.75) is 32.1 Å². The fourth-order valence-corrected chi connectivity index (χ4v) is 4.43. The molecule has 0 aromatic heterocycles. The van der Waals surface area contributed by atoms with Gasteiger partial charge in [-0.3, -0.25) is 9.59 Å². The van der Waals surface area contributed by atoms with Crippen LogP contribution in [-0.4, -0.2) is 25.4 Å². The number of nitrogens with one attached hydrogen (secondary N) is 1. The molecule has 8 heteroatoms. The summed E-state index contributed by atoms with van der Waals surface area (Å²) in [5, 5.41) is 3.22. The lowest BCUT2D eigenvalue weighted by molar-refractivity contribution is -0.121. The number of halogens is 4. The molecule has 1 saturated heterocycles. The molecule has 2 aromatic rings. The fourth-order valence-electron chi connectivity index (χ4n) is 3.70. The lowest BCUT2D eigenvalue weighted by atomic mass is 9.90. The molecular formula is C22H22Cl2F2N2O2. The van der Waals surface area contributed by atoms with Crippen LogP contribution in [0.5, 0.6) is 0 Å². The minimum atomic E-state index is -0.619. The van der Waals surface area contributed by atoms with Gasteiger partial charge in [-0.15, -0.1) is 0 Å². The Morgan fingerprint density at radius 2 is 1.90 bits per heavy atom. The molecule has 0 saturated carbocycles. The second-order valence-electron chi connectivity index (χ2n) is 7.43. The number of carbonyl (C=O) groups excluding carboxylic acids is 2. The predicted molar refractivity (Wildman–Crippen MR) is 114 cm³/mol. The van der Waals surface area contributed by atoms with Gasteiger partial charge < -0.3 is 10.2 Å². The van der Waals surface area contributed by atoms with E-state index in [-0.39, 0.29) is 17.7 Å². The summed E-state index contributed by atoms with van der Waals surface area (Å²) in [7, 11) is 1.57. The average molecular weight is 455 g/mol. The first-order valence-electron chi connectivity index (χ1n) is 9.71. The highest BCUT2D eigenvalue weighted by Gasteiger charge is 2.30. The van der Waals surface area contributed by atoms with Crippen LogP contribution in [0.1, 0.15) is 30.4 Å². The number of amides is 2. The van der Waals surface area contributed by atoms with Gasteiger partial charge in [0.1, 0.15) is 11.6 Å². The van der Waals surface area contributed by atoms with Gasteiger partial charge in [0.25, 0.3) is 0 Å². The van der Waals surface area contributed by atoms with Crippen molar-refractivity contribution in [3.05, 3.63) is 63.1 Å². The molecule has 1 fully saturated rings. The number of rotatable bonds is 6. The molecule has 1 atom stereocenters. The van der Waals surface area contributed by atoms with Crippen molar-refractivity contribution in [1.82, 2.24) is 5.32 Å². The van der Waals surface area contributed by atoms with Gasteiger partial charge in [0.15, 0.2) is 0 Å². The molecule has 0 spiro atoms. The molecule has 0 radical (unpaired) electrons. The number of aryl methyl sites for hydroxylation is 1. The minimum absolute atomic E-state index is 0.0114. The zero-order chi connectivity index (χ0) is 21.8. The number of hydrogen-bond donors (Lipinski definition) is 1. The summed E-state index contributed by atoms with van der Waals surface area (Å²) in [5.41, 5.74) is 1.64. The fraction of sp³-hybridized carbons (Fsp3) is 0.364. The Balaban J connectivity index is 1.78. The minimum Gasteiger partial charge on any atom is -0.359 e. The first-order chi connectivity index (χ1) is 14.3. The Morgan fingerprint density at radius 3 is 2.53 bits per heavy atom. The first kappa shape index (κ1) is 22.5. The van der Waals surface area contributed by atoms with E-state index in [2.05, 4.69) is 5.32 Å². The smallest absolute Gasteiger partial charge is 0.227 e. The molecule has 1 heterocycles. The van der Waals surface area contributed by atoms with Crippen LogP contribution >= 0.6 is 23.2 Å². The zero-order valence-electron chi connectivity index (χ0n) is 16.5. The standard InChI is InChI=1S/C22H22Cl2F2N2O2/c1-27-20(29)6-2-13-9-17(23)22(18(24)10-13)28-12-14(3-7-21(28)30)8-15-4-5-16(25)11-19(15)26/h4-5,9-11,14H,2-3,6-8,12H2,1H3,(H,27,29). The van der Waals surface area contributed by atoms with Gasteiger partial charge in [-0.1, -0.05) is 29.3 Å². The molecule has 2 amide bonds. The average Bonchev–Trinajstić information content (AvgIpc) is 2.70. The van der Waals surface area contributed by atoms with E-state index in [1.165, 1.54) is 12.1 Å². The van der Waals surface area contributed by atoms with Crippen molar-refractivity contribution >= 4 is 40.7 Å². The molecule has 1 aliphatic rings. The largest absolute Gasteiger partial charge is 0.359 e. The Bertz CT molecular complexity index is 945. The lowest BCUT2D eigenvalue weighted by Crippen LogP contribution is -2.41. The van der Waals surface area contributed by atoms with Crippen molar-refractivity contribution in [3.8, 4) is 0 Å². The highest BCUT2D eigenvalue weighted by molar-refractivity contribution is 6.40. The van der Waals surface area contributed by atoms with E-state index in [1.807, 2.05) is 0 Å². The first-order valence-corrected chi connectivity index (χ1v) is 10.5. The lowest BCUT2D eigenvalue weighted by Gasteiger charge is -2.34. The molecule has 30 heavy (non-hydrogen) atoms. The molecule has 0 aliphatic carbocycles. The van der Waals surface area contributed by atoms with Gasteiger partial charge in [0, 0.05) is 32.5 Å². The molecule has 0 bridgehead atoms. The Kier molecular flexibility index (Phi) is 7.32. The van der Waals surface area contributed by atoms with E-state index in [9.17, 15) is 18.4 Å². The van der Waals surface area contributed by atoms with Gasteiger partial charge in [-0.2, -0.15) is 0 Å². The van der Waals surface area contributed by atoms with E-state index in [1.54, 1.807) is 24.1 Å². The maximum absolute atomic E-state index is 14.0. The van der Waals surface area contributed by atoms with E-state index < -0.39 is 11.6 Å². The summed E-state index contributed by atoms with van der Waals surface area (Å²) in [6.07, 6.45) is 2.05. The number of hydrogen-bond acceptors (Lipinski definition) is 2.